The topological polar surface area (TPSA) is 51.6 Å². The van der Waals surface area contributed by atoms with Crippen LogP contribution in [0.25, 0.3) is 155 Å². The van der Waals surface area contributed by atoms with Crippen molar-refractivity contribution in [3.8, 4) is 112 Å². The molecule has 0 saturated carbocycles. The molecule has 4 heteroatoms. The quantitative estimate of drug-likeness (QED) is 0.152. The molecule has 0 unspecified atom stereocenters. The van der Waals surface area contributed by atoms with Gasteiger partial charge in [0.15, 0.2) is 11.6 Å². The van der Waals surface area contributed by atoms with E-state index in [2.05, 4.69) is 307 Å². The van der Waals surface area contributed by atoms with E-state index in [1.807, 2.05) is 0 Å². The summed E-state index contributed by atoms with van der Waals surface area (Å²) >= 11 is 0. The van der Waals surface area contributed by atoms with Gasteiger partial charge in [0, 0.05) is 44.2 Å². The van der Waals surface area contributed by atoms with Crippen LogP contribution in [0.15, 0.2) is 279 Å². The maximum atomic E-state index is 5.40. The van der Waals surface area contributed by atoms with Crippen LogP contribution in [0.5, 0.6) is 0 Å². The van der Waals surface area contributed by atoms with Gasteiger partial charge >= 0.3 is 0 Å². The first-order chi connectivity index (χ1) is 43.1. The molecule has 0 atom stereocenters. The molecule has 0 radical (unpaired) electrons. The van der Waals surface area contributed by atoms with Gasteiger partial charge in [0.25, 0.3) is 0 Å². The standard InChI is InChI=1S/C84H58N4/c1-83(2)73-45-57(37-41-65(73)67-43-39-59(47-75(67)83)81-85-77(69-29-13-21-53-17-5-9-25-61(53)69)49-78(86-81)70-30-14-22-54-18-6-10-26-62(54)70)51-33-35-52(36-34-51)58-38-42-66-68-44-40-60(48-76(68)84(3,4)74(66)46-58)82-87-79(71-31-15-23-55-19-7-11-27-63(55)71)50-80(88-82)72-32-16-24-56-20-8-12-28-64(56)72/h5-50H,1-4H3. The Morgan fingerprint density at radius 3 is 0.739 bits per heavy atom. The van der Waals surface area contributed by atoms with Gasteiger partial charge in [-0.15, -0.1) is 0 Å². The fraction of sp³-hybridized carbons (Fsp3) is 0.0714. The Morgan fingerprint density at radius 2 is 0.443 bits per heavy atom. The number of fused-ring (bicyclic) bond motifs is 10. The molecule has 2 aromatic heterocycles. The van der Waals surface area contributed by atoms with Gasteiger partial charge in [-0.3, -0.25) is 0 Å². The van der Waals surface area contributed by atoms with E-state index in [-0.39, 0.29) is 10.8 Å². The molecular weight excluding hydrogens is 1060 g/mol. The largest absolute Gasteiger partial charge is 0.228 e. The second-order valence-corrected chi connectivity index (χ2v) is 24.9. The van der Waals surface area contributed by atoms with Crippen LogP contribution >= 0.6 is 0 Å². The fourth-order valence-electron chi connectivity index (χ4n) is 14.5. The minimum atomic E-state index is -0.271. The van der Waals surface area contributed by atoms with Crippen LogP contribution in [0.2, 0.25) is 0 Å². The Labute approximate surface area is 512 Å². The van der Waals surface area contributed by atoms with E-state index in [0.717, 1.165) is 56.2 Å². The zero-order chi connectivity index (χ0) is 58.8. The maximum absolute atomic E-state index is 5.40. The molecule has 0 N–H and O–H groups in total. The Balaban J connectivity index is 0.676. The van der Waals surface area contributed by atoms with E-state index >= 15 is 0 Å². The van der Waals surface area contributed by atoms with Gasteiger partial charge in [0.05, 0.1) is 22.8 Å². The SMILES string of the molecule is CC1(C)c2cc(-c3ccc(-c4ccc5c(c4)C(C)(C)c4cc(-c6nc(-c7cccc8ccccc78)cc(-c7cccc8ccccc78)n6)ccc4-5)cc3)ccc2-c2ccc(-c3nc(-c4cccc5ccccc45)cc(-c4cccc5ccccc45)n3)cc21. The number of hydrogen-bond donors (Lipinski definition) is 0. The van der Waals surface area contributed by atoms with Gasteiger partial charge in [-0.2, -0.15) is 0 Å². The van der Waals surface area contributed by atoms with Crippen molar-refractivity contribution in [2.45, 2.75) is 38.5 Å². The van der Waals surface area contributed by atoms with Gasteiger partial charge < -0.3 is 0 Å². The monoisotopic (exact) mass is 1120 g/mol. The third-order valence-electron chi connectivity index (χ3n) is 19.1. The van der Waals surface area contributed by atoms with E-state index in [1.165, 1.54) is 110 Å². The minimum absolute atomic E-state index is 0.271. The smallest absolute Gasteiger partial charge is 0.160 e. The first-order valence-corrected chi connectivity index (χ1v) is 30.5. The molecule has 0 bridgehead atoms. The van der Waals surface area contributed by atoms with E-state index in [9.17, 15) is 0 Å². The van der Waals surface area contributed by atoms with Gasteiger partial charge in [0.1, 0.15) is 0 Å². The third kappa shape index (κ3) is 8.27. The lowest BCUT2D eigenvalue weighted by molar-refractivity contribution is 0.660. The summed E-state index contributed by atoms with van der Waals surface area (Å²) < 4.78 is 0. The second kappa shape index (κ2) is 19.8. The molecule has 0 amide bonds. The van der Waals surface area contributed by atoms with Gasteiger partial charge in [-0.1, -0.05) is 270 Å². The maximum Gasteiger partial charge on any atom is 0.160 e. The van der Waals surface area contributed by atoms with E-state index in [0.29, 0.717) is 11.6 Å². The molecule has 2 aliphatic rings. The summed E-state index contributed by atoms with van der Waals surface area (Å²) in [4.78, 5) is 21.6. The minimum Gasteiger partial charge on any atom is -0.228 e. The molecule has 88 heavy (non-hydrogen) atoms. The highest BCUT2D eigenvalue weighted by Gasteiger charge is 2.38. The highest BCUT2D eigenvalue weighted by atomic mass is 14.9. The van der Waals surface area contributed by atoms with Crippen molar-refractivity contribution in [1.82, 2.24) is 19.9 Å². The molecule has 15 aromatic rings. The average molecular weight is 1120 g/mol. The number of benzene rings is 13. The van der Waals surface area contributed by atoms with Crippen LogP contribution < -0.4 is 0 Å². The van der Waals surface area contributed by atoms with Crippen LogP contribution in [-0.2, 0) is 10.8 Å². The molecule has 13 aromatic carbocycles. The summed E-state index contributed by atoms with van der Waals surface area (Å²) in [6.07, 6.45) is 0. The predicted molar refractivity (Wildman–Crippen MR) is 366 cm³/mol. The highest BCUT2D eigenvalue weighted by Crippen LogP contribution is 2.53. The molecule has 0 spiro atoms. The van der Waals surface area contributed by atoms with Gasteiger partial charge in [-0.05, 0) is 146 Å². The van der Waals surface area contributed by atoms with Crippen molar-refractivity contribution < 1.29 is 0 Å². The van der Waals surface area contributed by atoms with E-state index in [4.69, 9.17) is 19.9 Å². The third-order valence-corrected chi connectivity index (χ3v) is 19.1. The number of hydrogen-bond acceptors (Lipinski definition) is 4. The summed E-state index contributed by atoms with van der Waals surface area (Å²) in [6, 6.07) is 101. The first-order valence-electron chi connectivity index (χ1n) is 30.5. The Kier molecular flexibility index (Phi) is 11.6. The van der Waals surface area contributed by atoms with Crippen molar-refractivity contribution in [3.63, 3.8) is 0 Å². The zero-order valence-corrected chi connectivity index (χ0v) is 49.3. The van der Waals surface area contributed by atoms with Crippen molar-refractivity contribution in [2.75, 3.05) is 0 Å². The molecule has 0 aliphatic heterocycles. The van der Waals surface area contributed by atoms with Crippen molar-refractivity contribution in [1.29, 1.82) is 0 Å². The van der Waals surface area contributed by atoms with Crippen molar-refractivity contribution >= 4 is 43.1 Å². The lowest BCUT2D eigenvalue weighted by Crippen LogP contribution is -2.15. The van der Waals surface area contributed by atoms with Crippen LogP contribution in [-0.4, -0.2) is 19.9 Å². The van der Waals surface area contributed by atoms with Crippen LogP contribution in [0.4, 0.5) is 0 Å². The molecule has 414 valence electrons. The summed E-state index contributed by atoms with van der Waals surface area (Å²) in [6.45, 7) is 9.44. The van der Waals surface area contributed by atoms with Crippen molar-refractivity contribution in [2.24, 2.45) is 0 Å². The highest BCUT2D eigenvalue weighted by molar-refractivity contribution is 6.02. The molecule has 4 nitrogen and oxygen atoms in total. The zero-order valence-electron chi connectivity index (χ0n) is 49.3. The van der Waals surface area contributed by atoms with Gasteiger partial charge in [0.2, 0.25) is 0 Å². The molecule has 0 saturated heterocycles. The molecule has 2 aliphatic carbocycles. The normalized spacial score (nSPS) is 13.4. The summed E-state index contributed by atoms with van der Waals surface area (Å²) in [5, 5.41) is 9.42. The second-order valence-electron chi connectivity index (χ2n) is 24.9. The summed E-state index contributed by atoms with van der Waals surface area (Å²) in [5.74, 6) is 1.43. The Hall–Kier alpha value is -10.9. The van der Waals surface area contributed by atoms with Crippen molar-refractivity contribution in [3.05, 3.63) is 301 Å². The molecule has 2 heterocycles. The number of nitrogens with zero attached hydrogens (tertiary/aromatic N) is 4. The fourth-order valence-corrected chi connectivity index (χ4v) is 14.5. The predicted octanol–water partition coefficient (Wildman–Crippen LogP) is 21.8. The van der Waals surface area contributed by atoms with E-state index in [1.54, 1.807) is 0 Å². The van der Waals surface area contributed by atoms with Crippen LogP contribution in [0.3, 0.4) is 0 Å². The Bertz CT molecular complexity index is 4850. The summed E-state index contributed by atoms with van der Waals surface area (Å²) in [5.41, 5.74) is 24.5. The Morgan fingerprint density at radius 1 is 0.205 bits per heavy atom. The van der Waals surface area contributed by atoms with E-state index < -0.39 is 0 Å². The number of aromatic nitrogens is 4. The van der Waals surface area contributed by atoms with Crippen LogP contribution in [0.1, 0.15) is 49.9 Å². The molecule has 0 fully saturated rings. The number of rotatable bonds is 8. The molecule has 17 rings (SSSR count). The first kappa shape index (κ1) is 51.5. The van der Waals surface area contributed by atoms with Gasteiger partial charge in [-0.25, -0.2) is 19.9 Å². The lowest BCUT2D eigenvalue weighted by Gasteiger charge is -2.23. The lowest BCUT2D eigenvalue weighted by atomic mass is 9.81. The summed E-state index contributed by atoms with van der Waals surface area (Å²) in [7, 11) is 0. The average Bonchev–Trinajstić information content (AvgIpc) is 2.57. The molecular formula is C84H58N4. The van der Waals surface area contributed by atoms with Crippen LogP contribution in [0, 0.1) is 0 Å².